The number of nitrogens with zero attached hydrogens (tertiary/aromatic N) is 1. The Morgan fingerprint density at radius 2 is 1.79 bits per heavy atom. The number of carbonyl (C=O) groups is 1. The summed E-state index contributed by atoms with van der Waals surface area (Å²) in [5, 5.41) is 9.02. The van der Waals surface area contributed by atoms with Crippen LogP contribution in [0.1, 0.15) is 23.6 Å². The first-order valence-corrected chi connectivity index (χ1v) is 7.69. The summed E-state index contributed by atoms with van der Waals surface area (Å²) in [6, 6.07) is 17.2. The van der Waals surface area contributed by atoms with Crippen LogP contribution >= 0.6 is 0 Å². The molecule has 0 spiro atoms. The van der Waals surface area contributed by atoms with Crippen molar-refractivity contribution < 1.29 is 14.3 Å². The van der Waals surface area contributed by atoms with Crippen molar-refractivity contribution in [3.05, 3.63) is 70.8 Å². The minimum absolute atomic E-state index is 0.0230. The maximum Gasteiger partial charge on any atom is 0.348 e. The molecule has 0 aliphatic carbocycles. The Hall–Kier alpha value is -3.06. The molecule has 0 radical (unpaired) electrons. The maximum atomic E-state index is 11.6. The highest BCUT2D eigenvalue weighted by molar-refractivity contribution is 5.97. The van der Waals surface area contributed by atoms with E-state index in [-0.39, 0.29) is 12.2 Å². The van der Waals surface area contributed by atoms with Gasteiger partial charge >= 0.3 is 5.97 Å². The van der Waals surface area contributed by atoms with Gasteiger partial charge in [-0.05, 0) is 43.2 Å². The lowest BCUT2D eigenvalue weighted by Crippen LogP contribution is -2.05. The highest BCUT2D eigenvalue weighted by Crippen LogP contribution is 2.16. The van der Waals surface area contributed by atoms with Crippen molar-refractivity contribution in [3.8, 4) is 11.8 Å². The molecular weight excluding hydrogens is 302 g/mol. The molecule has 0 saturated heterocycles. The van der Waals surface area contributed by atoms with E-state index in [1.54, 1.807) is 31.2 Å². The maximum absolute atomic E-state index is 11.6. The summed E-state index contributed by atoms with van der Waals surface area (Å²) in [5.41, 5.74) is 3.02. The Balaban J connectivity index is 2.01. The van der Waals surface area contributed by atoms with Crippen LogP contribution in [0.4, 0.5) is 0 Å². The van der Waals surface area contributed by atoms with Crippen molar-refractivity contribution in [2.75, 3.05) is 6.61 Å². The van der Waals surface area contributed by atoms with Crippen LogP contribution in [-0.4, -0.2) is 12.6 Å². The van der Waals surface area contributed by atoms with Gasteiger partial charge in [0.25, 0.3) is 0 Å². The molecule has 0 aliphatic rings. The van der Waals surface area contributed by atoms with Crippen molar-refractivity contribution in [3.63, 3.8) is 0 Å². The van der Waals surface area contributed by atoms with E-state index in [0.717, 1.165) is 16.9 Å². The average molecular weight is 321 g/mol. The molecule has 0 aliphatic heterocycles. The molecule has 0 bridgehead atoms. The predicted octanol–water partition coefficient (Wildman–Crippen LogP) is 4.04. The number of rotatable bonds is 6. The first-order chi connectivity index (χ1) is 11.6. The van der Waals surface area contributed by atoms with Crippen LogP contribution in [0.15, 0.2) is 54.1 Å². The van der Waals surface area contributed by atoms with E-state index < -0.39 is 5.97 Å². The molecule has 2 aromatic carbocycles. The van der Waals surface area contributed by atoms with Crippen molar-refractivity contribution in [2.24, 2.45) is 0 Å². The van der Waals surface area contributed by atoms with Gasteiger partial charge in [-0.3, -0.25) is 0 Å². The summed E-state index contributed by atoms with van der Waals surface area (Å²) in [6.45, 7) is 4.47. The molecule has 2 rings (SSSR count). The second-order valence-electron chi connectivity index (χ2n) is 5.23. The quantitative estimate of drug-likeness (QED) is 0.457. The molecule has 4 heteroatoms. The molecule has 0 N–H and O–H groups in total. The van der Waals surface area contributed by atoms with Crippen LogP contribution in [0, 0.1) is 18.3 Å². The molecule has 4 nitrogen and oxygen atoms in total. The van der Waals surface area contributed by atoms with E-state index >= 15 is 0 Å². The summed E-state index contributed by atoms with van der Waals surface area (Å²) in [4.78, 5) is 11.6. The SMILES string of the molecule is CCOC(=O)/C(C#N)=C/c1ccc(OCc2ccc(C)cc2)cc1. The largest absolute Gasteiger partial charge is 0.489 e. The molecule has 2 aromatic rings. The Morgan fingerprint density at radius 1 is 1.12 bits per heavy atom. The molecule has 0 unspecified atom stereocenters. The molecule has 24 heavy (non-hydrogen) atoms. The van der Waals surface area contributed by atoms with Crippen LogP contribution in [0.2, 0.25) is 0 Å². The van der Waals surface area contributed by atoms with Gasteiger partial charge in [-0.1, -0.05) is 42.0 Å². The summed E-state index contributed by atoms with van der Waals surface area (Å²) >= 11 is 0. The van der Waals surface area contributed by atoms with Gasteiger partial charge in [0, 0.05) is 0 Å². The van der Waals surface area contributed by atoms with Crippen LogP contribution in [0.3, 0.4) is 0 Å². The van der Waals surface area contributed by atoms with Crippen LogP contribution in [0.5, 0.6) is 5.75 Å². The Bertz CT molecular complexity index is 753. The fourth-order valence-electron chi connectivity index (χ4n) is 2.02. The molecule has 0 amide bonds. The van der Waals surface area contributed by atoms with Crippen molar-refractivity contribution in [1.29, 1.82) is 5.26 Å². The number of esters is 1. The Kier molecular flexibility index (Phi) is 6.16. The predicted molar refractivity (Wildman–Crippen MR) is 92.2 cm³/mol. The number of ether oxygens (including phenoxy) is 2. The first-order valence-electron chi connectivity index (χ1n) is 7.69. The molecule has 0 saturated carbocycles. The minimum Gasteiger partial charge on any atom is -0.489 e. The van der Waals surface area contributed by atoms with E-state index in [4.69, 9.17) is 14.7 Å². The van der Waals surface area contributed by atoms with Gasteiger partial charge in [0.2, 0.25) is 0 Å². The van der Waals surface area contributed by atoms with Crippen molar-refractivity contribution >= 4 is 12.0 Å². The van der Waals surface area contributed by atoms with Gasteiger partial charge in [0.15, 0.2) is 0 Å². The van der Waals surface area contributed by atoms with Gasteiger partial charge < -0.3 is 9.47 Å². The number of benzene rings is 2. The zero-order chi connectivity index (χ0) is 17.4. The fraction of sp³-hybridized carbons (Fsp3) is 0.200. The summed E-state index contributed by atoms with van der Waals surface area (Å²) in [7, 11) is 0. The third kappa shape index (κ3) is 4.99. The van der Waals surface area contributed by atoms with Crippen LogP contribution < -0.4 is 4.74 Å². The van der Waals surface area contributed by atoms with E-state index in [2.05, 4.69) is 0 Å². The van der Waals surface area contributed by atoms with Gasteiger partial charge in [-0.25, -0.2) is 4.79 Å². The van der Waals surface area contributed by atoms with Crippen LogP contribution in [0.25, 0.3) is 6.08 Å². The number of aryl methyl sites for hydroxylation is 1. The number of carbonyl (C=O) groups excluding carboxylic acids is 1. The van der Waals surface area contributed by atoms with Crippen LogP contribution in [-0.2, 0) is 16.1 Å². The fourth-order valence-corrected chi connectivity index (χ4v) is 2.02. The standard InChI is InChI=1S/C20H19NO3/c1-3-23-20(22)18(13-21)12-16-8-10-19(11-9-16)24-14-17-6-4-15(2)5-7-17/h4-12H,3,14H2,1-2H3/b18-12+. The molecular formula is C20H19NO3. The number of nitriles is 1. The lowest BCUT2D eigenvalue weighted by Gasteiger charge is -2.07. The highest BCUT2D eigenvalue weighted by Gasteiger charge is 2.09. The second-order valence-corrected chi connectivity index (χ2v) is 5.23. The first kappa shape index (κ1) is 17.3. The van der Waals surface area contributed by atoms with E-state index in [1.165, 1.54) is 11.6 Å². The van der Waals surface area contributed by atoms with E-state index in [1.807, 2.05) is 37.3 Å². The van der Waals surface area contributed by atoms with Gasteiger partial charge in [-0.15, -0.1) is 0 Å². The Morgan fingerprint density at radius 3 is 2.38 bits per heavy atom. The van der Waals surface area contributed by atoms with Gasteiger partial charge in [0.1, 0.15) is 24.0 Å². The van der Waals surface area contributed by atoms with Gasteiger partial charge in [-0.2, -0.15) is 5.26 Å². The van der Waals surface area contributed by atoms with Gasteiger partial charge in [0.05, 0.1) is 6.61 Å². The highest BCUT2D eigenvalue weighted by atomic mass is 16.5. The van der Waals surface area contributed by atoms with E-state index in [9.17, 15) is 4.79 Å². The zero-order valence-corrected chi connectivity index (χ0v) is 13.8. The number of hydrogen-bond donors (Lipinski definition) is 0. The Labute approximate surface area is 141 Å². The smallest absolute Gasteiger partial charge is 0.348 e. The lowest BCUT2D eigenvalue weighted by molar-refractivity contribution is -0.137. The minimum atomic E-state index is -0.611. The van der Waals surface area contributed by atoms with Crippen molar-refractivity contribution in [1.82, 2.24) is 0 Å². The zero-order valence-electron chi connectivity index (χ0n) is 13.8. The molecule has 0 atom stereocenters. The molecule has 122 valence electrons. The topological polar surface area (TPSA) is 59.3 Å². The summed E-state index contributed by atoms with van der Waals surface area (Å²) in [5.74, 6) is 0.113. The number of hydrogen-bond acceptors (Lipinski definition) is 4. The summed E-state index contributed by atoms with van der Waals surface area (Å²) in [6.07, 6.45) is 1.50. The third-order valence-electron chi connectivity index (χ3n) is 3.33. The molecule has 0 fully saturated rings. The lowest BCUT2D eigenvalue weighted by atomic mass is 10.1. The van der Waals surface area contributed by atoms with E-state index in [0.29, 0.717) is 6.61 Å². The normalized spacial score (nSPS) is 10.8. The third-order valence-corrected chi connectivity index (χ3v) is 3.33. The molecule has 0 aromatic heterocycles. The van der Waals surface area contributed by atoms with Crippen molar-refractivity contribution in [2.45, 2.75) is 20.5 Å². The molecule has 0 heterocycles. The average Bonchev–Trinajstić information content (AvgIpc) is 2.60. The second kappa shape index (κ2) is 8.54. The monoisotopic (exact) mass is 321 g/mol. The summed E-state index contributed by atoms with van der Waals surface area (Å²) < 4.78 is 10.6.